The molecule has 0 radical (unpaired) electrons. The first kappa shape index (κ1) is 15.3. The number of aromatic nitrogens is 2. The van der Waals surface area contributed by atoms with E-state index in [0.29, 0.717) is 18.1 Å². The summed E-state index contributed by atoms with van der Waals surface area (Å²) in [5.74, 6) is 0.368. The zero-order chi connectivity index (χ0) is 16.2. The molecule has 0 unspecified atom stereocenters. The SMILES string of the molecule is CCCNC(=O)c1cc(NC(=O)C2CC2)n(-c2ccccc2)n1. The van der Waals surface area contributed by atoms with Crippen molar-refractivity contribution in [3.63, 3.8) is 0 Å². The van der Waals surface area contributed by atoms with Gasteiger partial charge in [-0.1, -0.05) is 25.1 Å². The molecule has 2 aromatic rings. The lowest BCUT2D eigenvalue weighted by Gasteiger charge is -2.08. The van der Waals surface area contributed by atoms with Gasteiger partial charge < -0.3 is 10.6 Å². The van der Waals surface area contributed by atoms with E-state index in [1.165, 1.54) is 0 Å². The lowest BCUT2D eigenvalue weighted by molar-refractivity contribution is -0.117. The van der Waals surface area contributed by atoms with Crippen LogP contribution in [0.2, 0.25) is 0 Å². The maximum atomic E-state index is 12.1. The zero-order valence-electron chi connectivity index (χ0n) is 13.1. The van der Waals surface area contributed by atoms with Gasteiger partial charge in [-0.15, -0.1) is 0 Å². The highest BCUT2D eigenvalue weighted by Gasteiger charge is 2.30. The van der Waals surface area contributed by atoms with Gasteiger partial charge >= 0.3 is 0 Å². The standard InChI is InChI=1S/C17H20N4O2/c1-2-10-18-17(23)14-11-15(19-16(22)12-8-9-12)21(20-14)13-6-4-3-5-7-13/h3-7,11-12H,2,8-10H2,1H3,(H,18,23)(H,19,22). The van der Waals surface area contributed by atoms with Crippen molar-refractivity contribution in [2.45, 2.75) is 26.2 Å². The molecule has 2 amide bonds. The van der Waals surface area contributed by atoms with Crippen LogP contribution in [0.25, 0.3) is 5.69 Å². The fourth-order valence-corrected chi connectivity index (χ4v) is 2.25. The van der Waals surface area contributed by atoms with Crippen molar-refractivity contribution in [2.24, 2.45) is 5.92 Å². The number of nitrogens with zero attached hydrogens (tertiary/aromatic N) is 2. The lowest BCUT2D eigenvalue weighted by atomic mass is 10.3. The summed E-state index contributed by atoms with van der Waals surface area (Å²) in [5, 5.41) is 10.0. The Balaban J connectivity index is 1.89. The summed E-state index contributed by atoms with van der Waals surface area (Å²) < 4.78 is 1.60. The van der Waals surface area contributed by atoms with Gasteiger partial charge in [-0.3, -0.25) is 9.59 Å². The third kappa shape index (κ3) is 3.59. The molecule has 3 rings (SSSR count). The summed E-state index contributed by atoms with van der Waals surface area (Å²) in [6.45, 7) is 2.59. The van der Waals surface area contributed by atoms with Crippen molar-refractivity contribution in [3.8, 4) is 5.69 Å². The lowest BCUT2D eigenvalue weighted by Crippen LogP contribution is -2.24. The van der Waals surface area contributed by atoms with Crippen LogP contribution in [0.4, 0.5) is 5.82 Å². The van der Waals surface area contributed by atoms with Crippen LogP contribution in [0.3, 0.4) is 0 Å². The first-order chi connectivity index (χ1) is 11.2. The largest absolute Gasteiger partial charge is 0.351 e. The summed E-state index contributed by atoms with van der Waals surface area (Å²) in [6, 6.07) is 11.1. The van der Waals surface area contributed by atoms with Crippen LogP contribution in [-0.4, -0.2) is 28.1 Å². The number of benzene rings is 1. The second kappa shape index (κ2) is 6.64. The van der Waals surface area contributed by atoms with E-state index in [1.807, 2.05) is 37.3 Å². The Morgan fingerprint density at radius 3 is 2.65 bits per heavy atom. The Labute approximate surface area is 134 Å². The van der Waals surface area contributed by atoms with Gasteiger partial charge in [0.2, 0.25) is 5.91 Å². The van der Waals surface area contributed by atoms with E-state index in [2.05, 4.69) is 15.7 Å². The van der Waals surface area contributed by atoms with Gasteiger partial charge in [0.1, 0.15) is 5.82 Å². The van der Waals surface area contributed by atoms with E-state index in [0.717, 1.165) is 24.9 Å². The molecule has 1 fully saturated rings. The summed E-state index contributed by atoms with van der Waals surface area (Å²) in [5.41, 5.74) is 1.10. The van der Waals surface area contributed by atoms with E-state index in [1.54, 1.807) is 10.7 Å². The second-order valence-electron chi connectivity index (χ2n) is 5.68. The molecule has 0 spiro atoms. The maximum absolute atomic E-state index is 12.1. The molecule has 0 saturated heterocycles. The summed E-state index contributed by atoms with van der Waals surface area (Å²) in [4.78, 5) is 24.2. The van der Waals surface area contributed by atoms with Crippen LogP contribution >= 0.6 is 0 Å². The first-order valence-electron chi connectivity index (χ1n) is 7.93. The molecular weight excluding hydrogens is 292 g/mol. The average molecular weight is 312 g/mol. The van der Waals surface area contributed by atoms with Gasteiger partial charge in [0.05, 0.1) is 5.69 Å². The number of hydrogen-bond acceptors (Lipinski definition) is 3. The van der Waals surface area contributed by atoms with E-state index in [9.17, 15) is 9.59 Å². The number of rotatable bonds is 6. The van der Waals surface area contributed by atoms with Crippen LogP contribution in [0.5, 0.6) is 0 Å². The van der Waals surface area contributed by atoms with Gasteiger partial charge in [-0.05, 0) is 31.4 Å². The predicted octanol–water partition coefficient (Wildman–Crippen LogP) is 2.36. The predicted molar refractivity (Wildman–Crippen MR) is 87.5 cm³/mol. The molecule has 120 valence electrons. The Bertz CT molecular complexity index is 705. The number of anilines is 1. The van der Waals surface area contributed by atoms with Crippen molar-refractivity contribution >= 4 is 17.6 Å². The van der Waals surface area contributed by atoms with Gasteiger partial charge in [-0.2, -0.15) is 5.10 Å². The third-order valence-corrected chi connectivity index (χ3v) is 3.68. The highest BCUT2D eigenvalue weighted by atomic mass is 16.2. The molecule has 0 bridgehead atoms. The number of para-hydroxylation sites is 1. The molecule has 2 N–H and O–H groups in total. The van der Waals surface area contributed by atoms with Gasteiger partial charge in [-0.25, -0.2) is 4.68 Å². The molecule has 6 heteroatoms. The van der Waals surface area contributed by atoms with Crippen LogP contribution in [-0.2, 0) is 4.79 Å². The van der Waals surface area contributed by atoms with E-state index in [-0.39, 0.29) is 17.7 Å². The van der Waals surface area contributed by atoms with Gasteiger partial charge in [0.15, 0.2) is 5.69 Å². The third-order valence-electron chi connectivity index (χ3n) is 3.68. The minimum Gasteiger partial charge on any atom is -0.351 e. The van der Waals surface area contributed by atoms with E-state index >= 15 is 0 Å². The zero-order valence-corrected chi connectivity index (χ0v) is 13.1. The van der Waals surface area contributed by atoms with Crippen molar-refractivity contribution < 1.29 is 9.59 Å². The Morgan fingerprint density at radius 2 is 2.00 bits per heavy atom. The van der Waals surface area contributed by atoms with Gasteiger partial charge in [0.25, 0.3) is 5.91 Å². The highest BCUT2D eigenvalue weighted by molar-refractivity contribution is 5.97. The number of hydrogen-bond donors (Lipinski definition) is 2. The van der Waals surface area contributed by atoms with Crippen molar-refractivity contribution in [2.75, 3.05) is 11.9 Å². The van der Waals surface area contributed by atoms with Crippen molar-refractivity contribution in [3.05, 3.63) is 42.1 Å². The summed E-state index contributed by atoms with van der Waals surface area (Å²) in [7, 11) is 0. The fourth-order valence-electron chi connectivity index (χ4n) is 2.25. The second-order valence-corrected chi connectivity index (χ2v) is 5.68. The molecule has 23 heavy (non-hydrogen) atoms. The minimum absolute atomic E-state index is 0.0115. The number of carbonyl (C=O) groups is 2. The van der Waals surface area contributed by atoms with Crippen molar-refractivity contribution in [1.29, 1.82) is 0 Å². The van der Waals surface area contributed by atoms with Gasteiger partial charge in [0, 0.05) is 18.5 Å². The van der Waals surface area contributed by atoms with E-state index in [4.69, 9.17) is 0 Å². The fraction of sp³-hybridized carbons (Fsp3) is 0.353. The highest BCUT2D eigenvalue weighted by Crippen LogP contribution is 2.30. The van der Waals surface area contributed by atoms with Crippen LogP contribution in [0.1, 0.15) is 36.7 Å². The number of nitrogens with one attached hydrogen (secondary N) is 2. The molecule has 6 nitrogen and oxygen atoms in total. The van der Waals surface area contributed by atoms with Crippen LogP contribution in [0, 0.1) is 5.92 Å². The normalized spacial score (nSPS) is 13.6. The van der Waals surface area contributed by atoms with Crippen molar-refractivity contribution in [1.82, 2.24) is 15.1 Å². The summed E-state index contributed by atoms with van der Waals surface area (Å²) in [6.07, 6.45) is 2.71. The molecule has 1 aliphatic rings. The molecule has 1 aliphatic carbocycles. The smallest absolute Gasteiger partial charge is 0.271 e. The molecule has 1 saturated carbocycles. The Morgan fingerprint density at radius 1 is 1.26 bits per heavy atom. The molecule has 0 aliphatic heterocycles. The molecule has 1 aromatic heterocycles. The number of amides is 2. The monoisotopic (exact) mass is 312 g/mol. The molecule has 1 heterocycles. The van der Waals surface area contributed by atoms with Crippen LogP contribution in [0.15, 0.2) is 36.4 Å². The molecule has 1 aromatic carbocycles. The Hall–Kier alpha value is -2.63. The number of carbonyl (C=O) groups excluding carboxylic acids is 2. The minimum atomic E-state index is -0.233. The maximum Gasteiger partial charge on any atom is 0.271 e. The molecular formula is C17H20N4O2. The summed E-state index contributed by atoms with van der Waals surface area (Å²) >= 11 is 0. The van der Waals surface area contributed by atoms with Crippen LogP contribution < -0.4 is 10.6 Å². The topological polar surface area (TPSA) is 76.0 Å². The molecule has 0 atom stereocenters. The quantitative estimate of drug-likeness (QED) is 0.859. The first-order valence-corrected chi connectivity index (χ1v) is 7.93. The Kier molecular flexibility index (Phi) is 4.41. The van der Waals surface area contributed by atoms with E-state index < -0.39 is 0 Å². The average Bonchev–Trinajstić information content (AvgIpc) is 3.34.